The topological polar surface area (TPSA) is 78.0 Å². The second-order valence-corrected chi connectivity index (χ2v) is 7.33. The fraction of sp³-hybridized carbons (Fsp3) is 0.227. The molecule has 8 heteroatoms. The molecule has 30 heavy (non-hydrogen) atoms. The van der Waals surface area contributed by atoms with Gasteiger partial charge in [0.2, 0.25) is 5.91 Å². The Morgan fingerprint density at radius 2 is 1.77 bits per heavy atom. The van der Waals surface area contributed by atoms with Crippen molar-refractivity contribution >= 4 is 34.0 Å². The van der Waals surface area contributed by atoms with Crippen LogP contribution in [-0.4, -0.2) is 31.1 Å². The van der Waals surface area contributed by atoms with E-state index >= 15 is 0 Å². The molecule has 7 nitrogen and oxygen atoms in total. The average Bonchev–Trinajstić information content (AvgIpc) is 3.19. The molecule has 1 aromatic heterocycles. The van der Waals surface area contributed by atoms with Gasteiger partial charge in [-0.2, -0.15) is 0 Å². The number of thiazole rings is 1. The summed E-state index contributed by atoms with van der Waals surface area (Å²) in [4.78, 5) is 30.7. The first kappa shape index (κ1) is 21.3. The minimum Gasteiger partial charge on any atom is -0.497 e. The first-order valence-electron chi connectivity index (χ1n) is 9.13. The lowest BCUT2D eigenvalue weighted by molar-refractivity contribution is -0.115. The maximum absolute atomic E-state index is 12.4. The Hall–Kier alpha value is -3.39. The number of benzene rings is 2. The molecule has 0 saturated carbocycles. The van der Waals surface area contributed by atoms with Gasteiger partial charge in [-0.25, -0.2) is 9.78 Å². The number of hydrogen-bond donors (Lipinski definition) is 0. The summed E-state index contributed by atoms with van der Waals surface area (Å²) in [5.41, 5.74) is 2.64. The maximum atomic E-state index is 12.4. The fourth-order valence-corrected chi connectivity index (χ4v) is 3.68. The Morgan fingerprint density at radius 1 is 1.07 bits per heavy atom. The van der Waals surface area contributed by atoms with E-state index < -0.39 is 5.97 Å². The molecule has 2 aromatic carbocycles. The molecule has 0 spiro atoms. The van der Waals surface area contributed by atoms with Crippen LogP contribution < -0.4 is 14.4 Å². The number of esters is 1. The number of methoxy groups -OCH3 is 2. The van der Waals surface area contributed by atoms with Crippen LogP contribution >= 0.6 is 11.3 Å². The van der Waals surface area contributed by atoms with Gasteiger partial charge < -0.3 is 14.2 Å². The summed E-state index contributed by atoms with van der Waals surface area (Å²) in [6.07, 6.45) is 0. The molecule has 3 aromatic rings. The van der Waals surface area contributed by atoms with Crippen molar-refractivity contribution < 1.29 is 23.8 Å². The van der Waals surface area contributed by atoms with Crippen molar-refractivity contribution in [3.63, 3.8) is 0 Å². The van der Waals surface area contributed by atoms with Crippen LogP contribution in [0.15, 0.2) is 47.8 Å². The zero-order valence-corrected chi connectivity index (χ0v) is 18.0. The summed E-state index contributed by atoms with van der Waals surface area (Å²) in [6.45, 7) is 3.43. The third kappa shape index (κ3) is 4.96. The molecule has 0 aliphatic heterocycles. The molecule has 0 atom stereocenters. The van der Waals surface area contributed by atoms with E-state index in [2.05, 4.69) is 4.98 Å². The number of carbonyl (C=O) groups is 2. The van der Waals surface area contributed by atoms with E-state index in [0.717, 1.165) is 11.3 Å². The zero-order valence-electron chi connectivity index (χ0n) is 17.2. The minimum absolute atomic E-state index is 0.0194. The predicted octanol–water partition coefficient (Wildman–Crippen LogP) is 4.51. The van der Waals surface area contributed by atoms with E-state index in [1.807, 2.05) is 31.2 Å². The summed E-state index contributed by atoms with van der Waals surface area (Å²) < 4.78 is 15.7. The molecular formula is C22H22N2O5S. The van der Waals surface area contributed by atoms with Crippen LogP contribution in [0.25, 0.3) is 0 Å². The number of amides is 1. The van der Waals surface area contributed by atoms with Crippen LogP contribution in [0.5, 0.6) is 11.5 Å². The first-order valence-corrected chi connectivity index (χ1v) is 10.0. The highest BCUT2D eigenvalue weighted by Gasteiger charge is 2.19. The number of nitrogens with zero attached hydrogens (tertiary/aromatic N) is 2. The molecular weight excluding hydrogens is 404 g/mol. The summed E-state index contributed by atoms with van der Waals surface area (Å²) in [5, 5.41) is 2.28. The molecule has 1 amide bonds. The minimum atomic E-state index is -0.524. The third-order valence-corrected chi connectivity index (χ3v) is 5.12. The maximum Gasteiger partial charge on any atom is 0.338 e. The standard InChI is InChI=1S/C22H22N2O5S/c1-14-6-5-7-18(8-14)24(15(2)25)22-23-17(13-30-22)12-29-21(26)16-9-19(27-3)11-20(10-16)28-4/h5-11,13H,12H2,1-4H3. The second-order valence-electron chi connectivity index (χ2n) is 6.49. The lowest BCUT2D eigenvalue weighted by Crippen LogP contribution is -2.22. The van der Waals surface area contributed by atoms with Crippen LogP contribution in [0.2, 0.25) is 0 Å². The number of rotatable bonds is 7. The zero-order chi connectivity index (χ0) is 21.7. The van der Waals surface area contributed by atoms with Crippen molar-refractivity contribution in [3.05, 3.63) is 64.7 Å². The molecule has 0 aliphatic carbocycles. The van der Waals surface area contributed by atoms with Gasteiger partial charge in [0.15, 0.2) is 5.13 Å². The molecule has 3 rings (SSSR count). The quantitative estimate of drug-likeness (QED) is 0.517. The summed E-state index contributed by atoms with van der Waals surface area (Å²) >= 11 is 1.31. The van der Waals surface area contributed by atoms with Crippen LogP contribution in [0.3, 0.4) is 0 Å². The molecule has 156 valence electrons. The molecule has 0 bridgehead atoms. The molecule has 0 N–H and O–H groups in total. The number of anilines is 2. The van der Waals surface area contributed by atoms with Crippen molar-refractivity contribution in [3.8, 4) is 11.5 Å². The Balaban J connectivity index is 1.74. The van der Waals surface area contributed by atoms with Gasteiger partial charge in [0, 0.05) is 18.4 Å². The van der Waals surface area contributed by atoms with E-state index in [1.54, 1.807) is 23.6 Å². The molecule has 0 saturated heterocycles. The number of aromatic nitrogens is 1. The number of carbonyl (C=O) groups excluding carboxylic acids is 2. The monoisotopic (exact) mass is 426 g/mol. The van der Waals surface area contributed by atoms with Crippen LogP contribution in [0.1, 0.15) is 28.5 Å². The summed E-state index contributed by atoms with van der Waals surface area (Å²) in [6, 6.07) is 12.4. The Bertz CT molecular complexity index is 1040. The lowest BCUT2D eigenvalue weighted by atomic mass is 10.2. The van der Waals surface area contributed by atoms with Gasteiger partial charge in [0.05, 0.1) is 31.2 Å². The Labute approximate surface area is 178 Å². The normalized spacial score (nSPS) is 10.4. The Morgan fingerprint density at radius 3 is 2.37 bits per heavy atom. The van der Waals surface area contributed by atoms with Gasteiger partial charge in [-0.1, -0.05) is 12.1 Å². The highest BCUT2D eigenvalue weighted by molar-refractivity contribution is 7.14. The van der Waals surface area contributed by atoms with E-state index in [1.165, 1.54) is 37.4 Å². The van der Waals surface area contributed by atoms with Crippen LogP contribution in [-0.2, 0) is 16.1 Å². The van der Waals surface area contributed by atoms with E-state index in [9.17, 15) is 9.59 Å². The van der Waals surface area contributed by atoms with E-state index in [4.69, 9.17) is 14.2 Å². The van der Waals surface area contributed by atoms with Gasteiger partial charge in [-0.15, -0.1) is 11.3 Å². The van der Waals surface area contributed by atoms with Gasteiger partial charge in [-0.05, 0) is 36.8 Å². The van der Waals surface area contributed by atoms with Gasteiger partial charge in [0.25, 0.3) is 0 Å². The van der Waals surface area contributed by atoms with Crippen molar-refractivity contribution in [1.29, 1.82) is 0 Å². The number of ether oxygens (including phenoxy) is 3. The SMILES string of the molecule is COc1cc(OC)cc(C(=O)OCc2csc(N(C(C)=O)c3cccc(C)c3)n2)c1. The smallest absolute Gasteiger partial charge is 0.338 e. The second kappa shape index (κ2) is 9.41. The Kier molecular flexibility index (Phi) is 6.68. The molecule has 0 aliphatic rings. The fourth-order valence-electron chi connectivity index (χ4n) is 2.81. The van der Waals surface area contributed by atoms with Gasteiger partial charge >= 0.3 is 5.97 Å². The number of aryl methyl sites for hydroxylation is 1. The van der Waals surface area contributed by atoms with Crippen molar-refractivity contribution in [2.45, 2.75) is 20.5 Å². The van der Waals surface area contributed by atoms with Crippen molar-refractivity contribution in [2.24, 2.45) is 0 Å². The van der Waals surface area contributed by atoms with E-state index in [0.29, 0.717) is 27.9 Å². The van der Waals surface area contributed by atoms with Crippen molar-refractivity contribution in [2.75, 3.05) is 19.1 Å². The first-order chi connectivity index (χ1) is 14.4. The largest absolute Gasteiger partial charge is 0.497 e. The highest BCUT2D eigenvalue weighted by atomic mass is 32.1. The van der Waals surface area contributed by atoms with Crippen molar-refractivity contribution in [1.82, 2.24) is 4.98 Å². The van der Waals surface area contributed by atoms with Gasteiger partial charge in [-0.3, -0.25) is 9.69 Å². The molecule has 0 unspecified atom stereocenters. The van der Waals surface area contributed by atoms with E-state index in [-0.39, 0.29) is 12.5 Å². The highest BCUT2D eigenvalue weighted by Crippen LogP contribution is 2.30. The summed E-state index contributed by atoms with van der Waals surface area (Å²) in [5.74, 6) is 0.311. The number of hydrogen-bond acceptors (Lipinski definition) is 7. The van der Waals surface area contributed by atoms with Crippen LogP contribution in [0.4, 0.5) is 10.8 Å². The predicted molar refractivity (Wildman–Crippen MR) is 115 cm³/mol. The van der Waals surface area contributed by atoms with Gasteiger partial charge in [0.1, 0.15) is 18.1 Å². The average molecular weight is 426 g/mol. The molecule has 1 heterocycles. The lowest BCUT2D eigenvalue weighted by Gasteiger charge is -2.18. The summed E-state index contributed by atoms with van der Waals surface area (Å²) in [7, 11) is 3.02. The third-order valence-electron chi connectivity index (χ3n) is 4.24. The van der Waals surface area contributed by atoms with Crippen LogP contribution in [0, 0.1) is 6.92 Å². The molecule has 0 radical (unpaired) electrons. The molecule has 0 fully saturated rings.